The normalized spacial score (nSPS) is 14.3. The van der Waals surface area contributed by atoms with Crippen LogP contribution in [-0.2, 0) is 25.0 Å². The summed E-state index contributed by atoms with van der Waals surface area (Å²) < 4.78 is 65.0. The van der Waals surface area contributed by atoms with Crippen LogP contribution in [0.1, 0.15) is 6.92 Å². The zero-order valence-corrected chi connectivity index (χ0v) is 12.0. The molecule has 0 fully saturated rings. The van der Waals surface area contributed by atoms with E-state index in [4.69, 9.17) is 4.74 Å². The molecule has 0 aliphatic rings. The second-order valence-corrected chi connectivity index (χ2v) is 6.92. The minimum atomic E-state index is -4.94. The summed E-state index contributed by atoms with van der Waals surface area (Å²) >= 11 is 0. The number of benzene rings is 1. The Morgan fingerprint density at radius 2 is 1.84 bits per heavy atom. The summed E-state index contributed by atoms with van der Waals surface area (Å²) in [4.78, 5) is -1.02. The lowest BCUT2D eigenvalue weighted by atomic mass is 10.4. The molecule has 0 bridgehead atoms. The van der Waals surface area contributed by atoms with E-state index in [9.17, 15) is 20.7 Å². The van der Waals surface area contributed by atoms with Gasteiger partial charge in [-0.05, 0) is 25.1 Å². The van der Waals surface area contributed by atoms with Crippen LogP contribution >= 0.6 is 0 Å². The monoisotopic (exact) mass is 311 g/mol. The van der Waals surface area contributed by atoms with Gasteiger partial charge >= 0.3 is 10.2 Å². The lowest BCUT2D eigenvalue weighted by Gasteiger charge is -2.11. The molecule has 6 nitrogen and oxygen atoms in total. The van der Waals surface area contributed by atoms with Crippen LogP contribution in [0, 0.1) is 0 Å². The number of halogens is 1. The van der Waals surface area contributed by atoms with Crippen molar-refractivity contribution in [3.8, 4) is 0 Å². The Morgan fingerprint density at radius 1 is 1.26 bits per heavy atom. The first-order valence-electron chi connectivity index (χ1n) is 5.24. The molecule has 0 saturated heterocycles. The van der Waals surface area contributed by atoms with Gasteiger partial charge in [-0.25, -0.2) is 13.1 Å². The van der Waals surface area contributed by atoms with Crippen LogP contribution in [0.25, 0.3) is 0 Å². The summed E-state index contributed by atoms with van der Waals surface area (Å²) in [6.45, 7) is 1.68. The van der Waals surface area contributed by atoms with Gasteiger partial charge in [-0.3, -0.25) is 0 Å². The maximum atomic E-state index is 12.8. The molecule has 0 aliphatic heterocycles. The van der Waals surface area contributed by atoms with Gasteiger partial charge in [-0.15, -0.1) is 3.89 Å². The highest BCUT2D eigenvalue weighted by Crippen LogP contribution is 2.17. The highest BCUT2D eigenvalue weighted by molar-refractivity contribution is 7.89. The summed E-state index contributed by atoms with van der Waals surface area (Å²) in [5.41, 5.74) is 0. The molecule has 19 heavy (non-hydrogen) atoms. The second-order valence-electron chi connectivity index (χ2n) is 3.81. The molecule has 1 unspecified atom stereocenters. The zero-order valence-electron chi connectivity index (χ0n) is 10.3. The molecule has 1 N–H and O–H groups in total. The Bertz CT molecular complexity index is 642. The van der Waals surface area contributed by atoms with Gasteiger partial charge in [0.05, 0.1) is 15.9 Å². The zero-order chi connectivity index (χ0) is 14.7. The summed E-state index contributed by atoms with van der Waals surface area (Å²) in [7, 11) is -7.42. The van der Waals surface area contributed by atoms with Crippen molar-refractivity contribution in [2.24, 2.45) is 0 Å². The highest BCUT2D eigenvalue weighted by atomic mass is 32.3. The van der Waals surface area contributed by atoms with E-state index in [-0.39, 0.29) is 17.5 Å². The van der Waals surface area contributed by atoms with E-state index in [2.05, 4.69) is 4.72 Å². The number of hydrogen-bond donors (Lipinski definition) is 1. The summed E-state index contributed by atoms with van der Waals surface area (Å²) in [6, 6.07) is 4.07. The van der Waals surface area contributed by atoms with Crippen molar-refractivity contribution in [3.63, 3.8) is 0 Å². The molecule has 0 saturated carbocycles. The lowest BCUT2D eigenvalue weighted by molar-refractivity contribution is 0.122. The Kier molecular flexibility index (Phi) is 5.02. The third-order valence-corrected chi connectivity index (χ3v) is 4.60. The third kappa shape index (κ3) is 4.53. The standard InChI is InChI=1S/C10H14FNO5S2/c1-8(17-2)7-12-19(15,16)10-5-3-4-9(6-10)18(11,13)14/h3-6,8,12H,7H2,1-2H3. The Morgan fingerprint density at radius 3 is 2.37 bits per heavy atom. The van der Waals surface area contributed by atoms with E-state index in [1.54, 1.807) is 6.92 Å². The molecule has 0 heterocycles. The summed E-state index contributed by atoms with van der Waals surface area (Å²) in [6.07, 6.45) is -0.345. The quantitative estimate of drug-likeness (QED) is 0.779. The van der Waals surface area contributed by atoms with Gasteiger partial charge in [0.25, 0.3) is 0 Å². The predicted molar refractivity (Wildman–Crippen MR) is 66.4 cm³/mol. The van der Waals surface area contributed by atoms with Crippen LogP contribution in [0.5, 0.6) is 0 Å². The minimum absolute atomic E-state index is 0.0193. The fourth-order valence-corrected chi connectivity index (χ4v) is 2.93. The first-order chi connectivity index (χ1) is 8.66. The van der Waals surface area contributed by atoms with Crippen LogP contribution in [0.4, 0.5) is 3.89 Å². The van der Waals surface area contributed by atoms with Crippen LogP contribution in [0.15, 0.2) is 34.1 Å². The number of nitrogens with one attached hydrogen (secondary N) is 1. The summed E-state index contributed by atoms with van der Waals surface area (Å²) in [5, 5.41) is 0. The minimum Gasteiger partial charge on any atom is -0.380 e. The number of sulfonamides is 1. The maximum Gasteiger partial charge on any atom is 0.332 e. The van der Waals surface area contributed by atoms with Gasteiger partial charge in [0, 0.05) is 13.7 Å². The third-order valence-electron chi connectivity index (χ3n) is 2.36. The van der Waals surface area contributed by atoms with Crippen LogP contribution in [0.3, 0.4) is 0 Å². The molecule has 1 aromatic carbocycles. The molecule has 9 heteroatoms. The lowest BCUT2D eigenvalue weighted by Crippen LogP contribution is -2.31. The van der Waals surface area contributed by atoms with Gasteiger partial charge in [0.15, 0.2) is 0 Å². The van der Waals surface area contributed by atoms with E-state index in [1.165, 1.54) is 13.2 Å². The molecule has 0 aromatic heterocycles. The Labute approximate surface area is 111 Å². The van der Waals surface area contributed by atoms with E-state index in [1.807, 2.05) is 0 Å². The van der Waals surface area contributed by atoms with E-state index in [0.717, 1.165) is 18.2 Å². The van der Waals surface area contributed by atoms with Gasteiger partial charge in [-0.2, -0.15) is 8.42 Å². The number of ether oxygens (including phenoxy) is 1. The molecular formula is C10H14FNO5S2. The molecule has 108 valence electrons. The fourth-order valence-electron chi connectivity index (χ4n) is 1.19. The van der Waals surface area contributed by atoms with Crippen LogP contribution in [-0.4, -0.2) is 36.6 Å². The molecule has 0 spiro atoms. The van der Waals surface area contributed by atoms with Crippen molar-refractivity contribution in [1.29, 1.82) is 0 Å². The molecule has 0 amide bonds. The van der Waals surface area contributed by atoms with Crippen LogP contribution in [0.2, 0.25) is 0 Å². The molecule has 1 atom stereocenters. The van der Waals surface area contributed by atoms with Crippen molar-refractivity contribution in [3.05, 3.63) is 24.3 Å². The highest BCUT2D eigenvalue weighted by Gasteiger charge is 2.19. The Hall–Kier alpha value is -1.03. The second kappa shape index (κ2) is 5.95. The smallest absolute Gasteiger partial charge is 0.332 e. The topological polar surface area (TPSA) is 89.5 Å². The predicted octanol–water partition coefficient (Wildman–Crippen LogP) is 0.658. The fraction of sp³-hybridized carbons (Fsp3) is 0.400. The first kappa shape index (κ1) is 16.0. The maximum absolute atomic E-state index is 12.8. The van der Waals surface area contributed by atoms with Gasteiger partial charge in [0.2, 0.25) is 10.0 Å². The molecule has 1 rings (SSSR count). The van der Waals surface area contributed by atoms with Crippen molar-refractivity contribution >= 4 is 20.2 Å². The van der Waals surface area contributed by atoms with E-state index in [0.29, 0.717) is 0 Å². The number of methoxy groups -OCH3 is 1. The Balaban J connectivity index is 3.03. The van der Waals surface area contributed by atoms with Crippen molar-refractivity contribution in [2.45, 2.75) is 22.8 Å². The number of hydrogen-bond acceptors (Lipinski definition) is 5. The molecule has 1 aromatic rings. The van der Waals surface area contributed by atoms with Crippen molar-refractivity contribution < 1.29 is 25.5 Å². The van der Waals surface area contributed by atoms with Gasteiger partial charge < -0.3 is 4.74 Å². The number of rotatable bonds is 6. The average Bonchev–Trinajstić information content (AvgIpc) is 2.35. The van der Waals surface area contributed by atoms with Gasteiger partial charge in [-0.1, -0.05) is 6.07 Å². The average molecular weight is 311 g/mol. The van der Waals surface area contributed by atoms with Crippen molar-refractivity contribution in [2.75, 3.05) is 13.7 Å². The molecule has 0 aliphatic carbocycles. The van der Waals surface area contributed by atoms with Crippen LogP contribution < -0.4 is 4.72 Å². The van der Waals surface area contributed by atoms with E-state index >= 15 is 0 Å². The molecular weight excluding hydrogens is 297 g/mol. The molecule has 0 radical (unpaired) electrons. The van der Waals surface area contributed by atoms with E-state index < -0.39 is 25.1 Å². The van der Waals surface area contributed by atoms with Gasteiger partial charge in [0.1, 0.15) is 0 Å². The largest absolute Gasteiger partial charge is 0.380 e. The first-order valence-corrected chi connectivity index (χ1v) is 8.10. The van der Waals surface area contributed by atoms with Crippen molar-refractivity contribution in [1.82, 2.24) is 4.72 Å². The summed E-state index contributed by atoms with van der Waals surface area (Å²) in [5.74, 6) is 0. The SMILES string of the molecule is COC(C)CNS(=O)(=O)c1cccc(S(=O)(=O)F)c1.